The van der Waals surface area contributed by atoms with Crippen LogP contribution in [-0.4, -0.2) is 15.7 Å². The van der Waals surface area contributed by atoms with E-state index in [0.717, 1.165) is 26.2 Å². The molecule has 0 saturated heterocycles. The van der Waals surface area contributed by atoms with Crippen LogP contribution < -0.4 is 0 Å². The number of hydrogen-bond acceptors (Lipinski definition) is 3. The van der Waals surface area contributed by atoms with E-state index in [9.17, 15) is 4.79 Å². The number of rotatable bonds is 2. The van der Waals surface area contributed by atoms with Crippen molar-refractivity contribution in [2.75, 3.05) is 0 Å². The first kappa shape index (κ1) is 10.7. The van der Waals surface area contributed by atoms with E-state index in [1.165, 1.54) is 11.3 Å². The van der Waals surface area contributed by atoms with Crippen LogP contribution >= 0.6 is 27.3 Å². The van der Waals surface area contributed by atoms with Gasteiger partial charge in [0.05, 0.1) is 4.88 Å². The van der Waals surface area contributed by atoms with E-state index in [1.54, 1.807) is 12.4 Å². The summed E-state index contributed by atoms with van der Waals surface area (Å²) < 4.78 is 2.84. The van der Waals surface area contributed by atoms with Crippen LogP contribution in [0.3, 0.4) is 0 Å². The summed E-state index contributed by atoms with van der Waals surface area (Å²) in [6.45, 7) is 0. The van der Waals surface area contributed by atoms with Crippen LogP contribution in [0.15, 0.2) is 41.1 Å². The predicted molar refractivity (Wildman–Crippen MR) is 71.6 cm³/mol. The second-order valence-corrected chi connectivity index (χ2v) is 5.41. The second kappa shape index (κ2) is 4.09. The Balaban J connectivity index is 2.25. The molecule has 2 aromatic heterocycles. The highest BCUT2D eigenvalue weighted by atomic mass is 79.9. The standard InChI is InChI=1S/C12H7BrN2OS/c13-9-3-1-8(2-4-9)11-10(7-16)15-6-5-14-12(15)17-11/h1-7H. The number of thiazole rings is 1. The van der Waals surface area contributed by atoms with Crippen molar-refractivity contribution in [2.24, 2.45) is 0 Å². The summed E-state index contributed by atoms with van der Waals surface area (Å²) >= 11 is 4.92. The number of carbonyl (C=O) groups is 1. The smallest absolute Gasteiger partial charge is 0.194 e. The first-order chi connectivity index (χ1) is 8.29. The summed E-state index contributed by atoms with van der Waals surface area (Å²) in [6, 6.07) is 7.91. The van der Waals surface area contributed by atoms with Gasteiger partial charge in [-0.2, -0.15) is 0 Å². The lowest BCUT2D eigenvalue weighted by Crippen LogP contribution is -1.89. The Morgan fingerprint density at radius 2 is 2.06 bits per heavy atom. The topological polar surface area (TPSA) is 34.4 Å². The first-order valence-electron chi connectivity index (χ1n) is 4.96. The second-order valence-electron chi connectivity index (χ2n) is 3.52. The average molecular weight is 307 g/mol. The summed E-state index contributed by atoms with van der Waals surface area (Å²) in [5.41, 5.74) is 1.69. The van der Waals surface area contributed by atoms with E-state index in [-0.39, 0.29) is 0 Å². The van der Waals surface area contributed by atoms with Crippen molar-refractivity contribution in [3.8, 4) is 10.4 Å². The zero-order valence-electron chi connectivity index (χ0n) is 8.63. The predicted octanol–water partition coefficient (Wildman–Crippen LogP) is 3.64. The van der Waals surface area contributed by atoms with Crippen LogP contribution in [0, 0.1) is 0 Å². The van der Waals surface area contributed by atoms with E-state index in [1.807, 2.05) is 28.7 Å². The van der Waals surface area contributed by atoms with E-state index in [0.29, 0.717) is 5.69 Å². The quantitative estimate of drug-likeness (QED) is 0.677. The van der Waals surface area contributed by atoms with Gasteiger partial charge in [0.15, 0.2) is 11.2 Å². The minimum absolute atomic E-state index is 0.657. The molecule has 0 spiro atoms. The highest BCUT2D eigenvalue weighted by molar-refractivity contribution is 9.10. The van der Waals surface area contributed by atoms with Crippen molar-refractivity contribution < 1.29 is 4.79 Å². The molecule has 0 aliphatic heterocycles. The number of aldehydes is 1. The molecular formula is C12H7BrN2OS. The maximum absolute atomic E-state index is 11.2. The lowest BCUT2D eigenvalue weighted by molar-refractivity contribution is 0.111. The number of halogens is 1. The Morgan fingerprint density at radius 3 is 2.76 bits per heavy atom. The average Bonchev–Trinajstić information content (AvgIpc) is 2.89. The van der Waals surface area contributed by atoms with Crippen molar-refractivity contribution in [1.82, 2.24) is 9.38 Å². The largest absolute Gasteiger partial charge is 0.296 e. The highest BCUT2D eigenvalue weighted by Crippen LogP contribution is 2.32. The molecule has 3 nitrogen and oxygen atoms in total. The molecule has 0 bridgehead atoms. The third-order valence-corrected chi connectivity index (χ3v) is 4.17. The molecule has 0 saturated carbocycles. The van der Waals surface area contributed by atoms with Crippen molar-refractivity contribution in [1.29, 1.82) is 0 Å². The molecule has 0 fully saturated rings. The molecule has 0 aliphatic rings. The van der Waals surface area contributed by atoms with Crippen LogP contribution in [-0.2, 0) is 0 Å². The number of nitrogens with zero attached hydrogens (tertiary/aromatic N) is 2. The molecule has 0 unspecified atom stereocenters. The first-order valence-corrected chi connectivity index (χ1v) is 6.57. The molecule has 3 aromatic rings. The molecule has 5 heteroatoms. The SMILES string of the molecule is O=Cc1c(-c2ccc(Br)cc2)sc2nccn12. The molecule has 0 atom stereocenters. The maximum Gasteiger partial charge on any atom is 0.194 e. The number of carbonyl (C=O) groups excluding carboxylic acids is 1. The Bertz CT molecular complexity index is 684. The summed E-state index contributed by atoms with van der Waals surface area (Å²) in [4.78, 5) is 17.2. The van der Waals surface area contributed by atoms with Crippen molar-refractivity contribution in [3.63, 3.8) is 0 Å². The van der Waals surface area contributed by atoms with E-state index < -0.39 is 0 Å². The van der Waals surface area contributed by atoms with Gasteiger partial charge in [0.1, 0.15) is 5.69 Å². The normalized spacial score (nSPS) is 10.9. The van der Waals surface area contributed by atoms with Crippen molar-refractivity contribution in [3.05, 3.63) is 46.8 Å². The number of hydrogen-bond donors (Lipinski definition) is 0. The summed E-state index contributed by atoms with van der Waals surface area (Å²) in [5.74, 6) is 0. The van der Waals surface area contributed by atoms with Gasteiger partial charge < -0.3 is 0 Å². The van der Waals surface area contributed by atoms with Gasteiger partial charge in [0.2, 0.25) is 0 Å². The van der Waals surface area contributed by atoms with Crippen LogP contribution in [0.1, 0.15) is 10.5 Å². The molecule has 1 aromatic carbocycles. The summed E-state index contributed by atoms with van der Waals surface area (Å²) in [7, 11) is 0. The Morgan fingerprint density at radius 1 is 1.29 bits per heavy atom. The molecule has 0 aliphatic carbocycles. The lowest BCUT2D eigenvalue weighted by atomic mass is 10.1. The fraction of sp³-hybridized carbons (Fsp3) is 0. The van der Waals surface area contributed by atoms with Gasteiger partial charge in [-0.15, -0.1) is 0 Å². The van der Waals surface area contributed by atoms with Crippen LogP contribution in [0.2, 0.25) is 0 Å². The van der Waals surface area contributed by atoms with Gasteiger partial charge in [-0.3, -0.25) is 9.20 Å². The minimum Gasteiger partial charge on any atom is -0.296 e. The molecular weight excluding hydrogens is 300 g/mol. The van der Waals surface area contributed by atoms with E-state index in [2.05, 4.69) is 20.9 Å². The molecule has 17 heavy (non-hydrogen) atoms. The Hall–Kier alpha value is -1.46. The molecule has 0 amide bonds. The fourth-order valence-corrected chi connectivity index (χ4v) is 3.04. The van der Waals surface area contributed by atoms with Gasteiger partial charge in [-0.1, -0.05) is 39.4 Å². The summed E-state index contributed by atoms with van der Waals surface area (Å²) in [6.07, 6.45) is 4.38. The van der Waals surface area contributed by atoms with E-state index >= 15 is 0 Å². The monoisotopic (exact) mass is 306 g/mol. The number of imidazole rings is 1. The number of aromatic nitrogens is 2. The van der Waals surface area contributed by atoms with Gasteiger partial charge in [0.25, 0.3) is 0 Å². The lowest BCUT2D eigenvalue weighted by Gasteiger charge is -1.98. The third kappa shape index (κ3) is 1.71. The molecule has 0 N–H and O–H groups in total. The van der Waals surface area contributed by atoms with Gasteiger partial charge in [-0.05, 0) is 17.7 Å². The fourth-order valence-electron chi connectivity index (χ4n) is 1.72. The molecule has 3 rings (SSSR count). The van der Waals surface area contributed by atoms with Crippen molar-refractivity contribution >= 4 is 38.5 Å². The zero-order chi connectivity index (χ0) is 11.8. The third-order valence-electron chi connectivity index (χ3n) is 2.51. The Labute approximate surface area is 110 Å². The maximum atomic E-state index is 11.2. The van der Waals surface area contributed by atoms with Crippen LogP contribution in [0.25, 0.3) is 15.4 Å². The molecule has 0 radical (unpaired) electrons. The number of benzene rings is 1. The minimum atomic E-state index is 0.657. The highest BCUT2D eigenvalue weighted by Gasteiger charge is 2.13. The van der Waals surface area contributed by atoms with Crippen LogP contribution in [0.5, 0.6) is 0 Å². The van der Waals surface area contributed by atoms with Gasteiger partial charge in [0, 0.05) is 16.9 Å². The van der Waals surface area contributed by atoms with Crippen molar-refractivity contribution in [2.45, 2.75) is 0 Å². The van der Waals surface area contributed by atoms with Gasteiger partial charge in [-0.25, -0.2) is 4.98 Å². The van der Waals surface area contributed by atoms with Crippen LogP contribution in [0.4, 0.5) is 0 Å². The van der Waals surface area contributed by atoms with E-state index in [4.69, 9.17) is 0 Å². The number of fused-ring (bicyclic) bond motifs is 1. The zero-order valence-corrected chi connectivity index (χ0v) is 11.0. The Kier molecular flexibility index (Phi) is 2.57. The molecule has 84 valence electrons. The molecule has 2 heterocycles. The summed E-state index contributed by atoms with van der Waals surface area (Å²) in [5, 5.41) is 0. The van der Waals surface area contributed by atoms with Gasteiger partial charge >= 0.3 is 0 Å².